The van der Waals surface area contributed by atoms with E-state index in [-0.39, 0.29) is 5.91 Å². The second-order valence-corrected chi connectivity index (χ2v) is 9.24. The van der Waals surface area contributed by atoms with Crippen molar-refractivity contribution in [3.8, 4) is 0 Å². The Labute approximate surface area is 150 Å². The number of nitrogens with one attached hydrogen (secondary N) is 2. The van der Waals surface area contributed by atoms with Gasteiger partial charge in [0.05, 0.1) is 0 Å². The lowest BCUT2D eigenvalue weighted by molar-refractivity contribution is -0.117. The van der Waals surface area contributed by atoms with E-state index >= 15 is 0 Å². The fourth-order valence-corrected chi connectivity index (χ4v) is 4.86. The van der Waals surface area contributed by atoms with Gasteiger partial charge in [-0.3, -0.25) is 4.79 Å². The monoisotopic (exact) mass is 346 g/mol. The van der Waals surface area contributed by atoms with Crippen LogP contribution >= 0.6 is 11.8 Å². The number of hydrogen-bond donors (Lipinski definition) is 2. The molecule has 2 heterocycles. The molecule has 0 aromatic heterocycles. The topological polar surface area (TPSA) is 41.1 Å². The molecule has 1 aromatic rings. The molecule has 1 amide bonds. The van der Waals surface area contributed by atoms with Gasteiger partial charge in [-0.05, 0) is 61.0 Å². The van der Waals surface area contributed by atoms with E-state index in [2.05, 4.69) is 43.5 Å². The number of anilines is 1. The first-order valence-corrected chi connectivity index (χ1v) is 10.3. The molecular formula is C20H30N2OS. The maximum atomic E-state index is 12.5. The van der Waals surface area contributed by atoms with Gasteiger partial charge in [0.1, 0.15) is 0 Å². The molecule has 2 fully saturated rings. The minimum absolute atomic E-state index is 0.179. The molecule has 0 aliphatic carbocycles. The van der Waals surface area contributed by atoms with Crippen LogP contribution in [0.3, 0.4) is 0 Å². The van der Waals surface area contributed by atoms with E-state index < -0.39 is 0 Å². The van der Waals surface area contributed by atoms with Crippen LogP contribution in [0.5, 0.6) is 0 Å². The molecule has 2 N–H and O–H groups in total. The van der Waals surface area contributed by atoms with E-state index in [1.807, 2.05) is 17.8 Å². The second kappa shape index (κ2) is 7.92. The number of hydrogen-bond acceptors (Lipinski definition) is 3. The first kappa shape index (κ1) is 17.8. The lowest BCUT2D eigenvalue weighted by Gasteiger charge is -2.28. The van der Waals surface area contributed by atoms with Crippen molar-refractivity contribution in [2.75, 3.05) is 5.32 Å². The van der Waals surface area contributed by atoms with Crippen molar-refractivity contribution < 1.29 is 4.79 Å². The zero-order valence-corrected chi connectivity index (χ0v) is 15.9. The van der Waals surface area contributed by atoms with Crippen molar-refractivity contribution in [1.29, 1.82) is 0 Å². The van der Waals surface area contributed by atoms with Gasteiger partial charge in [-0.15, -0.1) is 0 Å². The van der Waals surface area contributed by atoms with Crippen molar-refractivity contribution in [1.82, 2.24) is 5.32 Å². The SMILES string of the molecule is Cc1c(CSC(C)C)cccc1NC(=O)CC1CC2CCC(C1)N2. The normalized spacial score (nSPS) is 25.9. The number of thioether (sulfide) groups is 1. The van der Waals surface area contributed by atoms with E-state index in [1.165, 1.54) is 24.0 Å². The highest BCUT2D eigenvalue weighted by molar-refractivity contribution is 7.99. The third-order valence-corrected chi connectivity index (χ3v) is 6.48. The third kappa shape index (κ3) is 4.54. The molecule has 24 heavy (non-hydrogen) atoms. The van der Waals surface area contributed by atoms with Gasteiger partial charge in [0, 0.05) is 29.9 Å². The molecule has 2 bridgehead atoms. The molecule has 132 valence electrons. The van der Waals surface area contributed by atoms with Crippen molar-refractivity contribution >= 4 is 23.4 Å². The van der Waals surface area contributed by atoms with Crippen LogP contribution in [0, 0.1) is 12.8 Å². The molecule has 0 spiro atoms. The predicted molar refractivity (Wildman–Crippen MR) is 104 cm³/mol. The number of piperidine rings is 1. The molecule has 1 aromatic carbocycles. The number of carbonyl (C=O) groups excluding carboxylic acids is 1. The minimum atomic E-state index is 0.179. The summed E-state index contributed by atoms with van der Waals surface area (Å²) >= 11 is 1.94. The summed E-state index contributed by atoms with van der Waals surface area (Å²) in [7, 11) is 0. The number of rotatable bonds is 6. The number of benzene rings is 1. The standard InChI is InChI=1S/C20H30N2OS/c1-13(2)24-12-16-5-4-6-19(14(16)3)22-20(23)11-15-9-17-7-8-18(10-15)21-17/h4-6,13,15,17-18,21H,7-12H2,1-3H3,(H,22,23). The lowest BCUT2D eigenvalue weighted by atomic mass is 9.89. The minimum Gasteiger partial charge on any atom is -0.326 e. The van der Waals surface area contributed by atoms with Gasteiger partial charge in [0.25, 0.3) is 0 Å². The van der Waals surface area contributed by atoms with Gasteiger partial charge >= 0.3 is 0 Å². The molecule has 3 nitrogen and oxygen atoms in total. The third-order valence-electron chi connectivity index (χ3n) is 5.34. The van der Waals surface area contributed by atoms with Crippen molar-refractivity contribution in [3.63, 3.8) is 0 Å². The van der Waals surface area contributed by atoms with Crippen LogP contribution < -0.4 is 10.6 Å². The van der Waals surface area contributed by atoms with Crippen LogP contribution in [0.4, 0.5) is 5.69 Å². The number of fused-ring (bicyclic) bond motifs is 2. The molecular weight excluding hydrogens is 316 g/mol. The van der Waals surface area contributed by atoms with Crippen LogP contribution in [0.25, 0.3) is 0 Å². The summed E-state index contributed by atoms with van der Waals surface area (Å²) in [5, 5.41) is 7.44. The van der Waals surface area contributed by atoms with Crippen LogP contribution in [0.15, 0.2) is 18.2 Å². The van der Waals surface area contributed by atoms with E-state index in [4.69, 9.17) is 0 Å². The summed E-state index contributed by atoms with van der Waals surface area (Å²) in [5.74, 6) is 1.73. The van der Waals surface area contributed by atoms with E-state index in [0.717, 1.165) is 24.3 Å². The average molecular weight is 347 g/mol. The van der Waals surface area contributed by atoms with Gasteiger partial charge in [0.15, 0.2) is 0 Å². The predicted octanol–water partition coefficient (Wildman–Crippen LogP) is 4.50. The molecule has 2 atom stereocenters. The van der Waals surface area contributed by atoms with Crippen LogP contribution in [0.1, 0.15) is 57.1 Å². The Morgan fingerprint density at radius 2 is 2.00 bits per heavy atom. The highest BCUT2D eigenvalue weighted by Crippen LogP contribution is 2.33. The van der Waals surface area contributed by atoms with Gasteiger partial charge in [-0.25, -0.2) is 0 Å². The molecule has 2 saturated heterocycles. The second-order valence-electron chi connectivity index (χ2n) is 7.68. The smallest absolute Gasteiger partial charge is 0.224 e. The Kier molecular flexibility index (Phi) is 5.88. The van der Waals surface area contributed by atoms with Gasteiger partial charge in [0.2, 0.25) is 5.91 Å². The van der Waals surface area contributed by atoms with E-state index in [9.17, 15) is 4.79 Å². The summed E-state index contributed by atoms with van der Waals surface area (Å²) < 4.78 is 0. The maximum Gasteiger partial charge on any atom is 0.224 e. The fourth-order valence-electron chi connectivity index (χ4n) is 4.04. The molecule has 3 rings (SSSR count). The molecule has 0 radical (unpaired) electrons. The van der Waals surface area contributed by atoms with Crippen molar-refractivity contribution in [3.05, 3.63) is 29.3 Å². The first-order valence-electron chi connectivity index (χ1n) is 9.27. The van der Waals surface area contributed by atoms with Crippen LogP contribution in [0.2, 0.25) is 0 Å². The Morgan fingerprint density at radius 3 is 2.67 bits per heavy atom. The Hall–Kier alpha value is -1.00. The Bertz CT molecular complexity index is 575. The molecule has 2 aliphatic rings. The zero-order chi connectivity index (χ0) is 17.1. The Balaban J connectivity index is 1.57. The summed E-state index contributed by atoms with van der Waals surface area (Å²) in [6.07, 6.45) is 5.57. The summed E-state index contributed by atoms with van der Waals surface area (Å²) in [4.78, 5) is 12.5. The van der Waals surface area contributed by atoms with Crippen LogP contribution in [-0.2, 0) is 10.5 Å². The number of amides is 1. The van der Waals surface area contributed by atoms with Gasteiger partial charge in [-0.2, -0.15) is 11.8 Å². The number of carbonyl (C=O) groups is 1. The largest absolute Gasteiger partial charge is 0.326 e. The molecule has 2 aliphatic heterocycles. The highest BCUT2D eigenvalue weighted by atomic mass is 32.2. The summed E-state index contributed by atoms with van der Waals surface area (Å²) in [5.41, 5.74) is 3.52. The molecule has 4 heteroatoms. The zero-order valence-electron chi connectivity index (χ0n) is 15.1. The maximum absolute atomic E-state index is 12.5. The van der Waals surface area contributed by atoms with Crippen molar-refractivity contribution in [2.45, 2.75) is 76.0 Å². The molecule has 2 unspecified atom stereocenters. The summed E-state index contributed by atoms with van der Waals surface area (Å²) in [6.45, 7) is 6.56. The summed E-state index contributed by atoms with van der Waals surface area (Å²) in [6, 6.07) is 7.57. The van der Waals surface area contributed by atoms with E-state index in [0.29, 0.717) is 29.7 Å². The van der Waals surface area contributed by atoms with Gasteiger partial charge < -0.3 is 10.6 Å². The molecule has 0 saturated carbocycles. The highest BCUT2D eigenvalue weighted by Gasteiger charge is 2.34. The quantitative estimate of drug-likeness (QED) is 0.797. The first-order chi connectivity index (χ1) is 11.5. The van der Waals surface area contributed by atoms with E-state index in [1.54, 1.807) is 0 Å². The Morgan fingerprint density at radius 1 is 1.29 bits per heavy atom. The van der Waals surface area contributed by atoms with Crippen molar-refractivity contribution in [2.24, 2.45) is 5.92 Å². The fraction of sp³-hybridized carbons (Fsp3) is 0.650. The van der Waals surface area contributed by atoms with Crippen LogP contribution in [-0.4, -0.2) is 23.2 Å². The van der Waals surface area contributed by atoms with Gasteiger partial charge in [-0.1, -0.05) is 26.0 Å². The average Bonchev–Trinajstić information content (AvgIpc) is 2.87. The lowest BCUT2D eigenvalue weighted by Crippen LogP contribution is -2.39.